The average molecular weight is 409 g/mol. The average Bonchev–Trinajstić information content (AvgIpc) is 2.50. The van der Waals surface area contributed by atoms with E-state index in [0.717, 1.165) is 18.2 Å². The summed E-state index contributed by atoms with van der Waals surface area (Å²) in [4.78, 5) is -2.03. The molecule has 2 rings (SSSR count). The minimum atomic E-state index is -5.17. The predicted octanol–water partition coefficient (Wildman–Crippen LogP) is 2.25. The summed E-state index contributed by atoms with van der Waals surface area (Å²) in [6.45, 7) is 0. The van der Waals surface area contributed by atoms with Crippen LogP contribution in [0.3, 0.4) is 0 Å². The van der Waals surface area contributed by atoms with Gasteiger partial charge in [0.1, 0.15) is 0 Å². The van der Waals surface area contributed by atoms with Gasteiger partial charge in [0.2, 0.25) is 5.82 Å². The molecule has 0 spiro atoms. The van der Waals surface area contributed by atoms with Crippen molar-refractivity contribution in [3.8, 4) is 11.5 Å². The fourth-order valence-corrected chi connectivity index (χ4v) is 2.97. The van der Waals surface area contributed by atoms with Crippen molar-refractivity contribution in [2.24, 2.45) is 0 Å². The van der Waals surface area contributed by atoms with E-state index < -0.39 is 55.4 Å². The molecule has 0 bridgehead atoms. The fourth-order valence-electron chi connectivity index (χ4n) is 1.78. The number of sulfonamides is 1. The number of benzene rings is 2. The van der Waals surface area contributed by atoms with Crippen LogP contribution in [0.4, 0.5) is 27.6 Å². The Morgan fingerprint density at radius 1 is 0.960 bits per heavy atom. The number of nitrogens with one attached hydrogen (secondary N) is 1. The molecule has 0 unspecified atom stereocenters. The summed E-state index contributed by atoms with van der Waals surface area (Å²) in [6.07, 6.45) is 0. The topological polar surface area (TPSA) is 75.6 Å². The van der Waals surface area contributed by atoms with Crippen LogP contribution in [0.2, 0.25) is 0 Å². The van der Waals surface area contributed by atoms with E-state index in [-0.39, 0.29) is 57.1 Å². The number of phenolic OH excluding ortho intramolecular Hbond substituents is 1. The van der Waals surface area contributed by atoms with Gasteiger partial charge >= 0.3 is 51.4 Å². The van der Waals surface area contributed by atoms with Gasteiger partial charge in [0.25, 0.3) is 10.0 Å². The summed E-state index contributed by atoms with van der Waals surface area (Å²) in [5.41, 5.74) is -0.391. The molecule has 25 heavy (non-hydrogen) atoms. The molecule has 0 radical (unpaired) electrons. The van der Waals surface area contributed by atoms with E-state index in [1.165, 1.54) is 7.11 Å². The van der Waals surface area contributed by atoms with E-state index in [1.807, 2.05) is 0 Å². The fraction of sp³-hybridized carbons (Fsp3) is 0.0769. The zero-order chi connectivity index (χ0) is 18.2. The van der Waals surface area contributed by atoms with Crippen molar-refractivity contribution in [2.45, 2.75) is 4.90 Å². The number of aromatic hydroxyl groups is 1. The van der Waals surface area contributed by atoms with E-state index in [9.17, 15) is 35.5 Å². The number of halogens is 5. The van der Waals surface area contributed by atoms with Gasteiger partial charge in [0, 0.05) is 6.07 Å². The summed E-state index contributed by atoms with van der Waals surface area (Å²) < 4.78 is 96.6. The van der Waals surface area contributed by atoms with Gasteiger partial charge in [-0.1, -0.05) is 0 Å². The Balaban J connectivity index is 0.00000312. The first-order valence-corrected chi connectivity index (χ1v) is 7.49. The quantitative estimate of drug-likeness (QED) is 0.352. The van der Waals surface area contributed by atoms with Gasteiger partial charge in [-0.15, -0.1) is 0 Å². The number of rotatable bonds is 4. The first kappa shape index (κ1) is 22.1. The Labute approximate surface area is 181 Å². The second-order valence-electron chi connectivity index (χ2n) is 4.39. The second-order valence-corrected chi connectivity index (χ2v) is 6.01. The summed E-state index contributed by atoms with van der Waals surface area (Å²) in [5, 5.41) is 9.51. The SMILES string of the molecule is COc1ccc(NS(=O)(=O)c2c(F)c(F)c(F)c(F)c2F)cc1O.[KH]. The van der Waals surface area contributed by atoms with Crippen LogP contribution >= 0.6 is 0 Å². The number of anilines is 1. The summed E-state index contributed by atoms with van der Waals surface area (Å²) in [7, 11) is -3.96. The molecule has 0 atom stereocenters. The second kappa shape index (κ2) is 8.18. The van der Waals surface area contributed by atoms with Crippen molar-refractivity contribution in [2.75, 3.05) is 11.8 Å². The molecule has 0 aliphatic heterocycles. The van der Waals surface area contributed by atoms with E-state index >= 15 is 0 Å². The van der Waals surface area contributed by atoms with Crippen molar-refractivity contribution < 1.29 is 40.2 Å². The molecule has 0 amide bonds. The number of phenols is 1. The Bertz CT molecular complexity index is 894. The van der Waals surface area contributed by atoms with Crippen molar-refractivity contribution in [1.29, 1.82) is 0 Å². The van der Waals surface area contributed by atoms with Crippen LogP contribution in [0.1, 0.15) is 0 Å². The van der Waals surface area contributed by atoms with Crippen LogP contribution in [-0.2, 0) is 10.0 Å². The van der Waals surface area contributed by atoms with Crippen LogP contribution < -0.4 is 9.46 Å². The van der Waals surface area contributed by atoms with Crippen molar-refractivity contribution in [1.82, 2.24) is 0 Å². The maximum absolute atomic E-state index is 13.6. The molecular weight excluding hydrogens is 400 g/mol. The maximum atomic E-state index is 13.6. The van der Waals surface area contributed by atoms with Crippen LogP contribution in [0.25, 0.3) is 0 Å². The molecule has 2 aromatic carbocycles. The van der Waals surface area contributed by atoms with Crippen LogP contribution in [0.15, 0.2) is 23.1 Å². The van der Waals surface area contributed by atoms with E-state index in [2.05, 4.69) is 0 Å². The van der Waals surface area contributed by atoms with E-state index in [4.69, 9.17) is 4.74 Å². The zero-order valence-electron chi connectivity index (χ0n) is 11.7. The van der Waals surface area contributed by atoms with Gasteiger partial charge in [-0.2, -0.15) is 0 Å². The van der Waals surface area contributed by atoms with Gasteiger partial charge in [0.15, 0.2) is 39.7 Å². The number of methoxy groups -OCH3 is 1. The Hall–Kier alpha value is -0.924. The van der Waals surface area contributed by atoms with Crippen molar-refractivity contribution in [3.05, 3.63) is 47.3 Å². The van der Waals surface area contributed by atoms with Crippen molar-refractivity contribution >= 4 is 67.1 Å². The van der Waals surface area contributed by atoms with Gasteiger partial charge in [-0.3, -0.25) is 4.72 Å². The first-order chi connectivity index (χ1) is 11.1. The van der Waals surface area contributed by atoms with E-state index in [1.54, 1.807) is 4.72 Å². The van der Waals surface area contributed by atoms with Gasteiger partial charge in [-0.25, -0.2) is 30.4 Å². The molecule has 0 fully saturated rings. The van der Waals surface area contributed by atoms with E-state index in [0.29, 0.717) is 0 Å². The Morgan fingerprint density at radius 2 is 1.44 bits per heavy atom. The standard InChI is InChI=1S/C13H8F5NO4S.K.H/c1-23-7-3-2-5(4-6(7)20)19-24(21,22)13-11(17)9(15)8(14)10(16)12(13)18;;/h2-4,19-20H,1H3;;. The monoisotopic (exact) mass is 409 g/mol. The summed E-state index contributed by atoms with van der Waals surface area (Å²) >= 11 is 0. The molecular formula is C13H9F5KNO4S. The third-order valence-corrected chi connectivity index (χ3v) is 4.27. The molecule has 0 aliphatic rings. The number of hydrogen-bond donors (Lipinski definition) is 2. The molecule has 5 nitrogen and oxygen atoms in total. The minimum absolute atomic E-state index is 0. The molecule has 132 valence electrons. The molecule has 0 aliphatic carbocycles. The van der Waals surface area contributed by atoms with Gasteiger partial charge < -0.3 is 9.84 Å². The van der Waals surface area contributed by atoms with Crippen LogP contribution in [-0.4, -0.2) is 72.0 Å². The Morgan fingerprint density at radius 3 is 1.88 bits per heavy atom. The van der Waals surface area contributed by atoms with Crippen molar-refractivity contribution in [3.63, 3.8) is 0 Å². The van der Waals surface area contributed by atoms with Gasteiger partial charge in [-0.05, 0) is 12.1 Å². The third kappa shape index (κ3) is 4.26. The van der Waals surface area contributed by atoms with Crippen LogP contribution in [0.5, 0.6) is 11.5 Å². The molecule has 0 heterocycles. The summed E-state index contributed by atoms with van der Waals surface area (Å²) in [5.74, 6) is -12.8. The normalized spacial score (nSPS) is 11.0. The molecule has 0 saturated heterocycles. The Kier molecular flexibility index (Phi) is 7.24. The predicted molar refractivity (Wildman–Crippen MR) is 78.8 cm³/mol. The van der Waals surface area contributed by atoms with Gasteiger partial charge in [0.05, 0.1) is 12.8 Å². The zero-order valence-corrected chi connectivity index (χ0v) is 12.5. The molecule has 0 saturated carbocycles. The molecule has 12 heteroatoms. The number of ether oxygens (including phenoxy) is 1. The molecule has 2 N–H and O–H groups in total. The third-order valence-electron chi connectivity index (χ3n) is 2.87. The number of hydrogen-bond acceptors (Lipinski definition) is 4. The van der Waals surface area contributed by atoms with Crippen LogP contribution in [0, 0.1) is 29.1 Å². The first-order valence-electron chi connectivity index (χ1n) is 6.01. The molecule has 0 aromatic heterocycles. The molecule has 2 aromatic rings. The summed E-state index contributed by atoms with van der Waals surface area (Å²) in [6, 6.07) is 2.98.